The molecular formula is C11H19F2NO4S2. The van der Waals surface area contributed by atoms with E-state index >= 15 is 0 Å². The van der Waals surface area contributed by atoms with Gasteiger partial charge in [0.25, 0.3) is 5.92 Å². The number of alkyl halides is 2. The van der Waals surface area contributed by atoms with Gasteiger partial charge in [-0.15, -0.1) is 0 Å². The molecule has 2 aliphatic rings. The highest BCUT2D eigenvalue weighted by Gasteiger charge is 2.47. The van der Waals surface area contributed by atoms with Crippen molar-refractivity contribution in [1.82, 2.24) is 4.31 Å². The lowest BCUT2D eigenvalue weighted by Crippen LogP contribution is -2.58. The average Bonchev–Trinajstić information content (AvgIpc) is 2.15. The number of halogens is 2. The van der Waals surface area contributed by atoms with E-state index < -0.39 is 42.7 Å². The first-order valence-corrected chi connectivity index (χ1v) is 10.1. The summed E-state index contributed by atoms with van der Waals surface area (Å²) in [6.45, 7) is -0.223. The highest BCUT2D eigenvalue weighted by atomic mass is 32.2. The lowest BCUT2D eigenvalue weighted by molar-refractivity contribution is -0.0773. The maximum Gasteiger partial charge on any atom is 0.251 e. The van der Waals surface area contributed by atoms with Crippen molar-refractivity contribution in [2.75, 3.05) is 25.1 Å². The summed E-state index contributed by atoms with van der Waals surface area (Å²) in [5, 5.41) is -0.704. The summed E-state index contributed by atoms with van der Waals surface area (Å²) in [5.74, 6) is -4.68. The molecule has 1 atom stereocenters. The van der Waals surface area contributed by atoms with Crippen LogP contribution < -0.4 is 0 Å². The lowest BCUT2D eigenvalue weighted by atomic mass is 9.87. The Balaban J connectivity index is 1.99. The largest absolute Gasteiger partial charge is 0.251 e. The van der Waals surface area contributed by atoms with Crippen molar-refractivity contribution in [1.29, 1.82) is 0 Å². The molecular weight excluding hydrogens is 312 g/mol. The fraction of sp³-hybridized carbons (Fsp3) is 1.00. The molecule has 0 aromatic heterocycles. The molecule has 0 aromatic rings. The van der Waals surface area contributed by atoms with Crippen molar-refractivity contribution in [3.8, 4) is 0 Å². The molecule has 118 valence electrons. The van der Waals surface area contributed by atoms with E-state index in [2.05, 4.69) is 0 Å². The van der Waals surface area contributed by atoms with Crippen LogP contribution in [0.4, 0.5) is 8.78 Å². The molecule has 0 bridgehead atoms. The summed E-state index contributed by atoms with van der Waals surface area (Å²) in [6.07, 6.45) is 2.02. The van der Waals surface area contributed by atoms with E-state index in [1.807, 2.05) is 0 Å². The average molecular weight is 331 g/mol. The van der Waals surface area contributed by atoms with E-state index in [-0.39, 0.29) is 25.9 Å². The molecule has 5 nitrogen and oxygen atoms in total. The van der Waals surface area contributed by atoms with Crippen molar-refractivity contribution >= 4 is 19.9 Å². The summed E-state index contributed by atoms with van der Waals surface area (Å²) < 4.78 is 74.9. The first-order chi connectivity index (χ1) is 9.02. The van der Waals surface area contributed by atoms with Gasteiger partial charge < -0.3 is 0 Å². The van der Waals surface area contributed by atoms with Gasteiger partial charge in [-0.2, -0.15) is 4.31 Å². The van der Waals surface area contributed by atoms with Crippen LogP contribution in [-0.4, -0.2) is 57.4 Å². The summed E-state index contributed by atoms with van der Waals surface area (Å²) in [7, 11) is -7.07. The SMILES string of the molecule is CS(=O)(=O)C1CN(S(=O)(=O)CC2CCCCC2(F)F)C1. The van der Waals surface area contributed by atoms with Crippen LogP contribution in [0.15, 0.2) is 0 Å². The summed E-state index contributed by atoms with van der Waals surface area (Å²) >= 11 is 0. The topological polar surface area (TPSA) is 71.5 Å². The molecule has 0 N–H and O–H groups in total. The first-order valence-electron chi connectivity index (χ1n) is 6.57. The van der Waals surface area contributed by atoms with E-state index in [9.17, 15) is 25.6 Å². The molecule has 1 aliphatic heterocycles. The Bertz CT molecular complexity index is 567. The minimum absolute atomic E-state index is 0.112. The number of hydrogen-bond acceptors (Lipinski definition) is 4. The van der Waals surface area contributed by atoms with Crippen LogP contribution in [0, 0.1) is 5.92 Å². The Labute approximate surface area is 118 Å². The summed E-state index contributed by atoms with van der Waals surface area (Å²) in [5.41, 5.74) is 0. The van der Waals surface area contributed by atoms with Gasteiger partial charge in [0, 0.05) is 31.7 Å². The van der Waals surface area contributed by atoms with E-state index in [0.717, 1.165) is 10.6 Å². The van der Waals surface area contributed by atoms with Gasteiger partial charge in [0.2, 0.25) is 10.0 Å². The van der Waals surface area contributed by atoms with Gasteiger partial charge in [-0.1, -0.05) is 6.42 Å². The van der Waals surface area contributed by atoms with Gasteiger partial charge in [0.1, 0.15) is 0 Å². The minimum Gasteiger partial charge on any atom is -0.229 e. The number of sulfone groups is 1. The molecule has 0 amide bonds. The van der Waals surface area contributed by atoms with E-state index in [1.165, 1.54) is 0 Å². The van der Waals surface area contributed by atoms with Crippen LogP contribution in [0.5, 0.6) is 0 Å². The summed E-state index contributed by atoms with van der Waals surface area (Å²) in [6, 6.07) is 0. The number of rotatable bonds is 4. The lowest BCUT2D eigenvalue weighted by Gasteiger charge is -2.39. The van der Waals surface area contributed by atoms with Crippen molar-refractivity contribution in [3.63, 3.8) is 0 Å². The number of sulfonamides is 1. The second-order valence-corrected chi connectivity index (χ2v) is 10.1. The fourth-order valence-corrected chi connectivity index (χ4v) is 5.66. The van der Waals surface area contributed by atoms with Gasteiger partial charge in [-0.3, -0.25) is 0 Å². The van der Waals surface area contributed by atoms with Crippen LogP contribution in [0.2, 0.25) is 0 Å². The van der Waals surface area contributed by atoms with Gasteiger partial charge >= 0.3 is 0 Å². The molecule has 1 saturated carbocycles. The van der Waals surface area contributed by atoms with Crippen LogP contribution in [-0.2, 0) is 19.9 Å². The van der Waals surface area contributed by atoms with Crippen LogP contribution in [0.3, 0.4) is 0 Å². The quantitative estimate of drug-likeness (QED) is 0.766. The third kappa shape index (κ3) is 3.30. The Kier molecular flexibility index (Phi) is 4.16. The molecule has 0 spiro atoms. The normalized spacial score (nSPS) is 29.1. The molecule has 1 saturated heterocycles. The Morgan fingerprint density at radius 3 is 2.25 bits per heavy atom. The molecule has 2 rings (SSSR count). The molecule has 0 radical (unpaired) electrons. The zero-order valence-electron chi connectivity index (χ0n) is 11.3. The van der Waals surface area contributed by atoms with Gasteiger partial charge in [-0.05, 0) is 12.8 Å². The maximum atomic E-state index is 13.7. The Hall–Kier alpha value is -0.280. The van der Waals surface area contributed by atoms with E-state index in [0.29, 0.717) is 12.8 Å². The van der Waals surface area contributed by atoms with Crippen molar-refractivity contribution in [2.24, 2.45) is 5.92 Å². The van der Waals surface area contributed by atoms with E-state index in [1.54, 1.807) is 0 Å². The van der Waals surface area contributed by atoms with Gasteiger partial charge in [-0.25, -0.2) is 25.6 Å². The highest BCUT2D eigenvalue weighted by Crippen LogP contribution is 2.39. The molecule has 20 heavy (non-hydrogen) atoms. The molecule has 9 heteroatoms. The maximum absolute atomic E-state index is 13.7. The van der Waals surface area contributed by atoms with Crippen LogP contribution in [0.1, 0.15) is 25.7 Å². The first kappa shape index (κ1) is 16.1. The van der Waals surface area contributed by atoms with Crippen LogP contribution in [0.25, 0.3) is 0 Å². The summed E-state index contributed by atoms with van der Waals surface area (Å²) in [4.78, 5) is 0. The molecule has 0 aromatic carbocycles. The monoisotopic (exact) mass is 331 g/mol. The minimum atomic E-state index is -3.80. The highest BCUT2D eigenvalue weighted by molar-refractivity contribution is 7.92. The second kappa shape index (κ2) is 5.17. The van der Waals surface area contributed by atoms with Gasteiger partial charge in [0.05, 0.1) is 11.0 Å². The van der Waals surface area contributed by atoms with Gasteiger partial charge in [0.15, 0.2) is 9.84 Å². The number of hydrogen-bond donors (Lipinski definition) is 0. The standard InChI is InChI=1S/C11H19F2NO4S2/c1-19(15,16)10-6-14(7-10)20(17,18)8-9-4-2-3-5-11(9,12)13/h9-10H,2-8H2,1H3. The molecule has 1 unspecified atom stereocenters. The number of nitrogens with zero attached hydrogens (tertiary/aromatic N) is 1. The predicted octanol–water partition coefficient (Wildman–Crippen LogP) is 0.870. The Morgan fingerprint density at radius 1 is 1.15 bits per heavy atom. The van der Waals surface area contributed by atoms with Crippen molar-refractivity contribution in [3.05, 3.63) is 0 Å². The van der Waals surface area contributed by atoms with Crippen molar-refractivity contribution < 1.29 is 25.6 Å². The Morgan fingerprint density at radius 2 is 1.75 bits per heavy atom. The van der Waals surface area contributed by atoms with E-state index in [4.69, 9.17) is 0 Å². The van der Waals surface area contributed by atoms with Crippen molar-refractivity contribution in [2.45, 2.75) is 36.9 Å². The molecule has 1 heterocycles. The predicted molar refractivity (Wildman–Crippen MR) is 70.9 cm³/mol. The third-order valence-electron chi connectivity index (χ3n) is 4.14. The zero-order valence-corrected chi connectivity index (χ0v) is 12.9. The fourth-order valence-electron chi connectivity index (χ4n) is 2.63. The second-order valence-electron chi connectivity index (χ2n) is 5.75. The molecule has 1 aliphatic carbocycles. The zero-order chi connectivity index (χ0) is 15.2. The third-order valence-corrected chi connectivity index (χ3v) is 7.55. The smallest absolute Gasteiger partial charge is 0.229 e. The van der Waals surface area contributed by atoms with Crippen LogP contribution >= 0.6 is 0 Å². The molecule has 2 fully saturated rings.